The molecule has 5 rings (SSSR count). The van der Waals surface area contributed by atoms with E-state index in [9.17, 15) is 24.0 Å². The summed E-state index contributed by atoms with van der Waals surface area (Å²) < 4.78 is 0. The Labute approximate surface area is 374 Å². The maximum Gasteiger partial charge on any atom is 0.244 e. The van der Waals surface area contributed by atoms with Crippen LogP contribution in [0.4, 0.5) is 0 Å². The first-order chi connectivity index (χ1) is 30.6. The average molecular weight is 869 g/mol. The van der Waals surface area contributed by atoms with E-state index in [1.54, 1.807) is 0 Å². The van der Waals surface area contributed by atoms with Gasteiger partial charge in [-0.25, -0.2) is 0 Å². The monoisotopic (exact) mass is 868 g/mol. The average Bonchev–Trinajstić information content (AvgIpc) is 3.30. The Morgan fingerprint density at radius 3 is 1.51 bits per heavy atom. The largest absolute Gasteiger partial charge is 0.370 e. The molecule has 0 radical (unpaired) electrons. The number of hydrogen-bond donors (Lipinski definition) is 8. The van der Waals surface area contributed by atoms with Gasteiger partial charge in [-0.15, -0.1) is 0 Å². The van der Waals surface area contributed by atoms with E-state index in [-0.39, 0.29) is 49.8 Å². The number of nitrogens with two attached hydrogens (primary N) is 2. The summed E-state index contributed by atoms with van der Waals surface area (Å²) in [5.74, 6) is -2.84. The third-order valence-corrected chi connectivity index (χ3v) is 10.6. The highest BCUT2D eigenvalue weighted by atomic mass is 32.1. The molecule has 328 valence electrons. The molecule has 0 bridgehead atoms. The third-order valence-electron chi connectivity index (χ3n) is 10.2. The van der Waals surface area contributed by atoms with Gasteiger partial charge in [-0.2, -0.15) is 12.6 Å². The molecule has 4 atom stereocenters. The molecule has 5 aromatic carbocycles. The van der Waals surface area contributed by atoms with Crippen molar-refractivity contribution in [3.63, 3.8) is 0 Å². The number of thiol groups is 1. The van der Waals surface area contributed by atoms with Gasteiger partial charge in [0.2, 0.25) is 29.5 Å². The standard InChI is InChI=1S/C49H56N8O5S/c50-49(51)53-28-13-22-40(55-48(62)43(33-63)54-44(58)32-37-23-25-39(26-24-37)38-20-11-4-12-21-38)46(60)57-42(31-36-18-9-3-10-19-36)47(61)56-41(30-35-16-7-2-8-17-35)45(59)52-29-27-34-14-5-1-6-15-34/h1-12,14-21,23-26,40-43,63H,13,22,27-33H2,(H,52,59)(H,54,58)(H,55,62)(H,56,61)(H,57,60)(H4,50,51,53)/t40-,41+,42+,43+/m1/s1. The van der Waals surface area contributed by atoms with Gasteiger partial charge >= 0.3 is 0 Å². The molecule has 0 aromatic heterocycles. The SMILES string of the molecule is NC(N)=NCCC[C@@H](NC(=O)[C@H](CS)NC(=O)Cc1ccc(-c2ccccc2)cc1)C(=O)N[C@@H](Cc1ccccc1)C(=O)N[C@@H](Cc1ccccc1)C(=O)NCCc1ccccc1. The lowest BCUT2D eigenvalue weighted by Crippen LogP contribution is -2.59. The lowest BCUT2D eigenvalue weighted by Gasteiger charge is -2.26. The number of benzene rings is 5. The van der Waals surface area contributed by atoms with Crippen LogP contribution >= 0.6 is 12.6 Å². The van der Waals surface area contributed by atoms with Gasteiger partial charge in [-0.3, -0.25) is 29.0 Å². The Kier molecular flexibility index (Phi) is 18.8. The molecule has 5 aromatic rings. The summed E-state index contributed by atoms with van der Waals surface area (Å²) in [5.41, 5.74) is 16.5. The predicted molar refractivity (Wildman–Crippen MR) is 251 cm³/mol. The Bertz CT molecular complexity index is 2240. The smallest absolute Gasteiger partial charge is 0.244 e. The van der Waals surface area contributed by atoms with Crippen molar-refractivity contribution < 1.29 is 24.0 Å². The lowest BCUT2D eigenvalue weighted by atomic mass is 10.0. The minimum atomic E-state index is -1.16. The molecule has 63 heavy (non-hydrogen) atoms. The highest BCUT2D eigenvalue weighted by molar-refractivity contribution is 7.80. The maximum atomic E-state index is 14.3. The van der Waals surface area contributed by atoms with Crippen LogP contribution in [0.2, 0.25) is 0 Å². The highest BCUT2D eigenvalue weighted by Crippen LogP contribution is 2.19. The summed E-state index contributed by atoms with van der Waals surface area (Å²) in [6.07, 6.45) is 1.29. The Balaban J connectivity index is 1.29. The van der Waals surface area contributed by atoms with Crippen LogP contribution in [0.5, 0.6) is 0 Å². The van der Waals surface area contributed by atoms with Crippen LogP contribution in [-0.4, -0.2) is 78.5 Å². The van der Waals surface area contributed by atoms with E-state index in [4.69, 9.17) is 11.5 Å². The number of aliphatic imine (C=N–C) groups is 1. The van der Waals surface area contributed by atoms with Gasteiger partial charge in [0, 0.05) is 31.7 Å². The van der Waals surface area contributed by atoms with Crippen molar-refractivity contribution in [3.8, 4) is 11.1 Å². The zero-order valence-electron chi connectivity index (χ0n) is 35.1. The third kappa shape index (κ3) is 16.1. The summed E-state index contributed by atoms with van der Waals surface area (Å²) in [7, 11) is 0. The topological polar surface area (TPSA) is 210 Å². The van der Waals surface area contributed by atoms with Gasteiger partial charge in [0.1, 0.15) is 24.2 Å². The van der Waals surface area contributed by atoms with Crippen LogP contribution in [0.1, 0.15) is 35.1 Å². The van der Waals surface area contributed by atoms with Crippen molar-refractivity contribution in [2.24, 2.45) is 16.5 Å². The van der Waals surface area contributed by atoms with Crippen LogP contribution in [0.25, 0.3) is 11.1 Å². The molecule has 9 N–H and O–H groups in total. The molecular formula is C49H56N8O5S. The van der Waals surface area contributed by atoms with E-state index in [1.807, 2.05) is 146 Å². The van der Waals surface area contributed by atoms with Crippen molar-refractivity contribution in [1.29, 1.82) is 0 Å². The summed E-state index contributed by atoms with van der Waals surface area (Å²) >= 11 is 4.35. The van der Waals surface area contributed by atoms with Gasteiger partial charge < -0.3 is 38.1 Å². The van der Waals surface area contributed by atoms with Gasteiger partial charge in [0.25, 0.3) is 0 Å². The van der Waals surface area contributed by atoms with E-state index in [2.05, 4.69) is 44.2 Å². The minimum Gasteiger partial charge on any atom is -0.370 e. The maximum absolute atomic E-state index is 14.3. The van der Waals surface area contributed by atoms with Crippen molar-refractivity contribution in [3.05, 3.63) is 168 Å². The summed E-state index contributed by atoms with van der Waals surface area (Å²) in [4.78, 5) is 73.2. The Morgan fingerprint density at radius 1 is 0.508 bits per heavy atom. The number of carbonyl (C=O) groups excluding carboxylic acids is 5. The minimum absolute atomic E-state index is 0.0155. The van der Waals surface area contributed by atoms with E-state index in [1.165, 1.54) is 0 Å². The van der Waals surface area contributed by atoms with Crippen LogP contribution in [0.3, 0.4) is 0 Å². The molecule has 14 heteroatoms. The second-order valence-corrected chi connectivity index (χ2v) is 15.4. The van der Waals surface area contributed by atoms with Crippen molar-refractivity contribution in [2.45, 2.75) is 62.7 Å². The number of amides is 5. The molecule has 0 aliphatic heterocycles. The predicted octanol–water partition coefficient (Wildman–Crippen LogP) is 3.66. The zero-order chi connectivity index (χ0) is 44.8. The number of nitrogens with zero attached hydrogens (tertiary/aromatic N) is 1. The molecule has 5 amide bonds. The second-order valence-electron chi connectivity index (χ2n) is 15.1. The van der Waals surface area contributed by atoms with Gasteiger partial charge in [0.15, 0.2) is 5.96 Å². The molecule has 0 saturated carbocycles. The fraction of sp³-hybridized carbons (Fsp3) is 0.265. The van der Waals surface area contributed by atoms with Gasteiger partial charge in [-0.05, 0) is 52.6 Å². The number of hydrogen-bond acceptors (Lipinski definition) is 7. The molecule has 0 unspecified atom stereocenters. The van der Waals surface area contributed by atoms with E-state index in [0.717, 1.165) is 33.4 Å². The molecule has 0 fully saturated rings. The van der Waals surface area contributed by atoms with E-state index in [0.29, 0.717) is 19.4 Å². The number of nitrogens with one attached hydrogen (secondary N) is 5. The summed E-state index contributed by atoms with van der Waals surface area (Å²) in [6.45, 7) is 0.525. The van der Waals surface area contributed by atoms with Gasteiger partial charge in [0.05, 0.1) is 6.42 Å². The second kappa shape index (κ2) is 25.1. The molecule has 0 spiro atoms. The number of rotatable bonds is 23. The molecule has 0 heterocycles. The summed E-state index contributed by atoms with van der Waals surface area (Å²) in [5, 5.41) is 14.2. The molecule has 0 saturated heterocycles. The molecule has 0 aliphatic carbocycles. The quantitative estimate of drug-likeness (QED) is 0.0211. The first kappa shape index (κ1) is 47.1. The highest BCUT2D eigenvalue weighted by Gasteiger charge is 2.31. The van der Waals surface area contributed by atoms with Crippen molar-refractivity contribution in [2.75, 3.05) is 18.8 Å². The lowest BCUT2D eigenvalue weighted by molar-refractivity contribution is -0.134. The van der Waals surface area contributed by atoms with Crippen LogP contribution in [0.15, 0.2) is 151 Å². The Hall–Kier alpha value is -6.93. The zero-order valence-corrected chi connectivity index (χ0v) is 36.0. The summed E-state index contributed by atoms with van der Waals surface area (Å²) in [6, 6.07) is 41.3. The first-order valence-corrected chi connectivity index (χ1v) is 21.6. The fourth-order valence-electron chi connectivity index (χ4n) is 6.88. The first-order valence-electron chi connectivity index (χ1n) is 21.0. The van der Waals surface area contributed by atoms with Crippen LogP contribution < -0.4 is 38.1 Å². The van der Waals surface area contributed by atoms with Crippen molar-refractivity contribution in [1.82, 2.24) is 26.6 Å². The fourth-order valence-corrected chi connectivity index (χ4v) is 7.13. The molecule has 13 nitrogen and oxygen atoms in total. The normalized spacial score (nSPS) is 12.7. The molecule has 0 aliphatic rings. The molecular weight excluding hydrogens is 813 g/mol. The van der Waals surface area contributed by atoms with E-state index >= 15 is 0 Å². The van der Waals surface area contributed by atoms with E-state index < -0.39 is 47.8 Å². The van der Waals surface area contributed by atoms with Gasteiger partial charge in [-0.1, -0.05) is 146 Å². The van der Waals surface area contributed by atoms with Crippen LogP contribution in [-0.2, 0) is 49.7 Å². The Morgan fingerprint density at radius 2 is 0.968 bits per heavy atom. The number of guanidine groups is 1. The number of carbonyl (C=O) groups is 5. The van der Waals surface area contributed by atoms with Crippen molar-refractivity contribution >= 4 is 48.1 Å². The van der Waals surface area contributed by atoms with Crippen LogP contribution in [0, 0.1) is 0 Å².